The highest BCUT2D eigenvalue weighted by Gasteiger charge is 2.06. The zero-order chi connectivity index (χ0) is 17.6. The highest BCUT2D eigenvalue weighted by Crippen LogP contribution is 2.19. The van der Waals surface area contributed by atoms with Crippen molar-refractivity contribution in [3.63, 3.8) is 0 Å². The molecule has 0 saturated carbocycles. The number of H-pyrrole nitrogens is 1. The first-order valence-corrected chi connectivity index (χ1v) is 8.28. The largest absolute Gasteiger partial charge is 0.361 e. The van der Waals surface area contributed by atoms with E-state index in [1.807, 2.05) is 25.3 Å². The summed E-state index contributed by atoms with van der Waals surface area (Å²) in [7, 11) is 1.74. The van der Waals surface area contributed by atoms with Crippen molar-refractivity contribution in [2.45, 2.75) is 19.9 Å². The number of nitrogens with one attached hydrogen (secondary N) is 3. The lowest BCUT2D eigenvalue weighted by molar-refractivity contribution is 0.629. The van der Waals surface area contributed by atoms with Gasteiger partial charge in [-0.15, -0.1) is 0 Å². The second kappa shape index (κ2) is 7.79. The Balaban J connectivity index is 1.54. The van der Waals surface area contributed by atoms with Crippen LogP contribution in [0.3, 0.4) is 0 Å². The molecule has 3 aromatic rings. The standard InChI is InChI=1S/C19H22FN5/c1-13-4-3-8-22-18(13)12-25-19(21-2)23-9-7-14-11-24-17-6-5-15(20)10-16(14)17/h3-6,8,10-11,24H,7,9,12H2,1-2H3,(H2,21,23,25). The summed E-state index contributed by atoms with van der Waals surface area (Å²) in [4.78, 5) is 11.8. The number of halogens is 1. The van der Waals surface area contributed by atoms with Crippen LogP contribution in [0.1, 0.15) is 16.8 Å². The zero-order valence-electron chi connectivity index (χ0n) is 14.4. The molecule has 2 aromatic heterocycles. The number of aryl methyl sites for hydroxylation is 1. The van der Waals surface area contributed by atoms with E-state index in [2.05, 4.69) is 25.6 Å². The molecular weight excluding hydrogens is 317 g/mol. The van der Waals surface area contributed by atoms with Crippen LogP contribution in [0.5, 0.6) is 0 Å². The van der Waals surface area contributed by atoms with Crippen LogP contribution in [0.15, 0.2) is 47.7 Å². The fourth-order valence-corrected chi connectivity index (χ4v) is 2.76. The number of aliphatic imine (C=N–C) groups is 1. The average Bonchev–Trinajstić information content (AvgIpc) is 3.01. The smallest absolute Gasteiger partial charge is 0.191 e. The Morgan fingerprint density at radius 3 is 2.96 bits per heavy atom. The summed E-state index contributed by atoms with van der Waals surface area (Å²) in [5.74, 6) is 0.501. The van der Waals surface area contributed by atoms with Gasteiger partial charge >= 0.3 is 0 Å². The molecule has 0 fully saturated rings. The van der Waals surface area contributed by atoms with Crippen molar-refractivity contribution in [2.24, 2.45) is 4.99 Å². The van der Waals surface area contributed by atoms with E-state index in [1.165, 1.54) is 6.07 Å². The average molecular weight is 339 g/mol. The summed E-state index contributed by atoms with van der Waals surface area (Å²) in [5.41, 5.74) is 4.17. The van der Waals surface area contributed by atoms with Gasteiger partial charge in [-0.05, 0) is 48.7 Å². The fourth-order valence-electron chi connectivity index (χ4n) is 2.76. The van der Waals surface area contributed by atoms with E-state index in [4.69, 9.17) is 0 Å². The molecule has 130 valence electrons. The number of hydrogen-bond acceptors (Lipinski definition) is 2. The number of benzene rings is 1. The van der Waals surface area contributed by atoms with Crippen molar-refractivity contribution >= 4 is 16.9 Å². The molecule has 3 N–H and O–H groups in total. The van der Waals surface area contributed by atoms with E-state index in [9.17, 15) is 4.39 Å². The Kier molecular flexibility index (Phi) is 5.28. The maximum Gasteiger partial charge on any atom is 0.191 e. The van der Waals surface area contributed by atoms with Crippen LogP contribution in [-0.2, 0) is 13.0 Å². The third-order valence-corrected chi connectivity index (χ3v) is 4.18. The number of rotatable bonds is 5. The van der Waals surface area contributed by atoms with E-state index >= 15 is 0 Å². The van der Waals surface area contributed by atoms with Crippen molar-refractivity contribution in [1.29, 1.82) is 0 Å². The van der Waals surface area contributed by atoms with Gasteiger partial charge in [0.15, 0.2) is 5.96 Å². The van der Waals surface area contributed by atoms with Crippen LogP contribution in [0.25, 0.3) is 10.9 Å². The van der Waals surface area contributed by atoms with Crippen LogP contribution in [0.2, 0.25) is 0 Å². The van der Waals surface area contributed by atoms with Crippen molar-refractivity contribution in [3.05, 3.63) is 65.4 Å². The fraction of sp³-hybridized carbons (Fsp3) is 0.263. The van der Waals surface area contributed by atoms with Gasteiger partial charge in [0.05, 0.1) is 12.2 Å². The summed E-state index contributed by atoms with van der Waals surface area (Å²) in [6.45, 7) is 3.35. The zero-order valence-corrected chi connectivity index (χ0v) is 14.4. The van der Waals surface area contributed by atoms with Crippen LogP contribution >= 0.6 is 0 Å². The maximum atomic E-state index is 13.4. The van der Waals surface area contributed by atoms with Gasteiger partial charge < -0.3 is 15.6 Å². The predicted molar refractivity (Wildman–Crippen MR) is 99.1 cm³/mol. The summed E-state index contributed by atoms with van der Waals surface area (Å²) in [6, 6.07) is 8.76. The van der Waals surface area contributed by atoms with Crippen LogP contribution in [0, 0.1) is 12.7 Å². The van der Waals surface area contributed by atoms with Gasteiger partial charge in [0.1, 0.15) is 5.82 Å². The van der Waals surface area contributed by atoms with Crippen molar-refractivity contribution in [2.75, 3.05) is 13.6 Å². The molecule has 2 heterocycles. The van der Waals surface area contributed by atoms with Gasteiger partial charge in [0.25, 0.3) is 0 Å². The first kappa shape index (κ1) is 17.0. The molecule has 25 heavy (non-hydrogen) atoms. The third kappa shape index (κ3) is 4.15. The highest BCUT2D eigenvalue weighted by molar-refractivity contribution is 5.83. The summed E-state index contributed by atoms with van der Waals surface area (Å²) < 4.78 is 13.4. The second-order valence-corrected chi connectivity index (χ2v) is 5.87. The molecule has 0 amide bonds. The molecule has 1 aromatic carbocycles. The number of hydrogen-bond donors (Lipinski definition) is 3. The Morgan fingerprint density at radius 2 is 2.16 bits per heavy atom. The monoisotopic (exact) mass is 339 g/mol. The molecular formula is C19H22FN5. The predicted octanol–water partition coefficient (Wildman–Crippen LogP) is 2.92. The summed E-state index contributed by atoms with van der Waals surface area (Å²) in [5, 5.41) is 7.47. The molecule has 0 saturated heterocycles. The summed E-state index contributed by atoms with van der Waals surface area (Å²) in [6.07, 6.45) is 4.49. The van der Waals surface area contributed by atoms with Crippen LogP contribution in [-0.4, -0.2) is 29.5 Å². The lowest BCUT2D eigenvalue weighted by Gasteiger charge is -2.12. The molecule has 0 aliphatic carbocycles. The Labute approximate surface area is 146 Å². The van der Waals surface area contributed by atoms with E-state index in [0.717, 1.165) is 40.1 Å². The SMILES string of the molecule is CN=C(NCCc1c[nH]c2ccc(F)cc12)NCc1ncccc1C. The van der Waals surface area contributed by atoms with E-state index < -0.39 is 0 Å². The Bertz CT molecular complexity index is 884. The van der Waals surface area contributed by atoms with Gasteiger partial charge in [-0.2, -0.15) is 0 Å². The molecule has 0 unspecified atom stereocenters. The molecule has 0 aliphatic rings. The second-order valence-electron chi connectivity index (χ2n) is 5.87. The topological polar surface area (TPSA) is 65.1 Å². The van der Waals surface area contributed by atoms with Gasteiger partial charge in [0.2, 0.25) is 0 Å². The molecule has 0 radical (unpaired) electrons. The minimum Gasteiger partial charge on any atom is -0.361 e. The third-order valence-electron chi connectivity index (χ3n) is 4.18. The molecule has 0 spiro atoms. The molecule has 3 rings (SSSR count). The minimum atomic E-state index is -0.218. The first-order valence-electron chi connectivity index (χ1n) is 8.28. The molecule has 6 heteroatoms. The summed E-state index contributed by atoms with van der Waals surface area (Å²) >= 11 is 0. The van der Waals surface area contributed by atoms with Crippen molar-refractivity contribution in [3.8, 4) is 0 Å². The van der Waals surface area contributed by atoms with Crippen LogP contribution < -0.4 is 10.6 Å². The quantitative estimate of drug-likeness (QED) is 0.495. The van der Waals surface area contributed by atoms with Crippen molar-refractivity contribution < 1.29 is 4.39 Å². The van der Waals surface area contributed by atoms with Gasteiger partial charge in [-0.1, -0.05) is 6.07 Å². The van der Waals surface area contributed by atoms with Gasteiger partial charge in [0, 0.05) is 36.9 Å². The number of aromatic nitrogens is 2. The lowest BCUT2D eigenvalue weighted by Crippen LogP contribution is -2.38. The number of guanidine groups is 1. The molecule has 0 bridgehead atoms. The van der Waals surface area contributed by atoms with E-state index in [1.54, 1.807) is 25.4 Å². The van der Waals surface area contributed by atoms with Crippen molar-refractivity contribution in [1.82, 2.24) is 20.6 Å². The number of nitrogens with zero attached hydrogens (tertiary/aromatic N) is 2. The first-order chi connectivity index (χ1) is 12.2. The van der Waals surface area contributed by atoms with Crippen LogP contribution in [0.4, 0.5) is 4.39 Å². The maximum absolute atomic E-state index is 13.4. The molecule has 5 nitrogen and oxygen atoms in total. The van der Waals surface area contributed by atoms with E-state index in [0.29, 0.717) is 13.1 Å². The lowest BCUT2D eigenvalue weighted by atomic mass is 10.1. The Morgan fingerprint density at radius 1 is 1.28 bits per heavy atom. The normalized spacial score (nSPS) is 11.7. The number of fused-ring (bicyclic) bond motifs is 1. The van der Waals surface area contributed by atoms with E-state index in [-0.39, 0.29) is 5.82 Å². The number of pyridine rings is 1. The van der Waals surface area contributed by atoms with Gasteiger partial charge in [-0.25, -0.2) is 4.39 Å². The molecule has 0 atom stereocenters. The number of aromatic amines is 1. The Hall–Kier alpha value is -2.89. The minimum absolute atomic E-state index is 0.218. The molecule has 0 aliphatic heterocycles. The van der Waals surface area contributed by atoms with Gasteiger partial charge in [-0.3, -0.25) is 9.98 Å². The highest BCUT2D eigenvalue weighted by atomic mass is 19.1.